The number of rotatable bonds is 5. The van der Waals surface area contributed by atoms with Crippen LogP contribution in [0.5, 0.6) is 0 Å². The van der Waals surface area contributed by atoms with Gasteiger partial charge in [-0.1, -0.05) is 53.8 Å². The number of carbonyl (C=O) groups is 1. The van der Waals surface area contributed by atoms with Crippen LogP contribution in [-0.2, 0) is 10.5 Å². The molecule has 1 aromatic heterocycles. The molecule has 0 atom stereocenters. The molecule has 6 heteroatoms. The molecule has 4 nitrogen and oxygen atoms in total. The lowest BCUT2D eigenvalue weighted by atomic mass is 10.1. The summed E-state index contributed by atoms with van der Waals surface area (Å²) in [5, 5.41) is 11.4. The Morgan fingerprint density at radius 3 is 2.90 bits per heavy atom. The molecule has 0 bridgehead atoms. The third-order valence-corrected chi connectivity index (χ3v) is 4.85. The quantitative estimate of drug-likeness (QED) is 0.674. The first-order valence-electron chi connectivity index (χ1n) is 6.40. The van der Waals surface area contributed by atoms with E-state index in [0.717, 1.165) is 10.1 Å². The molecule has 1 aromatic carbocycles. The molecule has 0 unspecified atom stereocenters. The summed E-state index contributed by atoms with van der Waals surface area (Å²) < 4.78 is 0.873. The number of thioether (sulfide) groups is 1. The van der Waals surface area contributed by atoms with Gasteiger partial charge >= 0.3 is 0 Å². The molecule has 1 heterocycles. The van der Waals surface area contributed by atoms with Crippen LogP contribution >= 0.6 is 23.1 Å². The van der Waals surface area contributed by atoms with Crippen LogP contribution < -0.4 is 5.32 Å². The number of nitrogens with one attached hydrogen (secondary N) is 1. The first-order valence-corrected chi connectivity index (χ1v) is 8.21. The summed E-state index contributed by atoms with van der Waals surface area (Å²) in [6.45, 7) is 6.02. The Labute approximate surface area is 127 Å². The number of aromatic nitrogens is 2. The molecule has 2 rings (SSSR count). The van der Waals surface area contributed by atoms with Gasteiger partial charge in [0, 0.05) is 12.2 Å². The molecule has 106 valence electrons. The molecule has 0 aliphatic heterocycles. The van der Waals surface area contributed by atoms with E-state index in [1.54, 1.807) is 11.8 Å². The van der Waals surface area contributed by atoms with E-state index < -0.39 is 0 Å². The Morgan fingerprint density at radius 1 is 1.35 bits per heavy atom. The van der Waals surface area contributed by atoms with Crippen molar-refractivity contribution in [2.45, 2.75) is 37.3 Å². The standard InChI is InChI=1S/C14H17N3OS2/c1-4-12(18)15-13-16-17-14(20-13)19-8-11-7-9(2)5-6-10(11)3/h5-7H,4,8H2,1-3H3,(H,15,16,18). The van der Waals surface area contributed by atoms with Crippen molar-refractivity contribution < 1.29 is 4.79 Å². The number of carbonyl (C=O) groups excluding carboxylic acids is 1. The second-order valence-electron chi connectivity index (χ2n) is 4.49. The molecule has 0 radical (unpaired) electrons. The molecule has 1 N–H and O–H groups in total. The van der Waals surface area contributed by atoms with E-state index in [4.69, 9.17) is 0 Å². The SMILES string of the molecule is CCC(=O)Nc1nnc(SCc2cc(C)ccc2C)s1. The Kier molecular flexibility index (Phi) is 5.14. The summed E-state index contributed by atoms with van der Waals surface area (Å²) in [7, 11) is 0. The molecule has 0 fully saturated rings. The molecule has 0 saturated carbocycles. The van der Waals surface area contributed by atoms with Gasteiger partial charge in [-0.25, -0.2) is 0 Å². The summed E-state index contributed by atoms with van der Waals surface area (Å²) in [6, 6.07) is 6.45. The second kappa shape index (κ2) is 6.85. The average molecular weight is 307 g/mol. The van der Waals surface area contributed by atoms with Crippen molar-refractivity contribution in [2.24, 2.45) is 0 Å². The number of hydrogen-bond acceptors (Lipinski definition) is 5. The summed E-state index contributed by atoms with van der Waals surface area (Å²) in [5.41, 5.74) is 3.86. The zero-order chi connectivity index (χ0) is 14.5. The van der Waals surface area contributed by atoms with E-state index >= 15 is 0 Å². The number of hydrogen-bond donors (Lipinski definition) is 1. The van der Waals surface area contributed by atoms with Crippen LogP contribution in [0.25, 0.3) is 0 Å². The van der Waals surface area contributed by atoms with Crippen LogP contribution in [0.4, 0.5) is 5.13 Å². The van der Waals surface area contributed by atoms with Crippen molar-refractivity contribution in [2.75, 3.05) is 5.32 Å². The van der Waals surface area contributed by atoms with Gasteiger partial charge in [0.05, 0.1) is 0 Å². The number of amides is 1. The van der Waals surface area contributed by atoms with Crippen molar-refractivity contribution in [1.82, 2.24) is 10.2 Å². The van der Waals surface area contributed by atoms with Crippen LogP contribution in [0.15, 0.2) is 22.5 Å². The monoisotopic (exact) mass is 307 g/mol. The average Bonchev–Trinajstić information content (AvgIpc) is 2.87. The number of benzene rings is 1. The highest BCUT2D eigenvalue weighted by molar-refractivity contribution is 8.00. The van der Waals surface area contributed by atoms with E-state index in [2.05, 4.69) is 47.6 Å². The fourth-order valence-corrected chi connectivity index (χ4v) is 3.45. The lowest BCUT2D eigenvalue weighted by Gasteiger charge is -2.05. The summed E-state index contributed by atoms with van der Waals surface area (Å²) >= 11 is 3.06. The van der Waals surface area contributed by atoms with Crippen molar-refractivity contribution in [3.63, 3.8) is 0 Å². The highest BCUT2D eigenvalue weighted by Crippen LogP contribution is 2.29. The number of aryl methyl sites for hydroxylation is 2. The molecule has 0 aliphatic rings. The molecule has 20 heavy (non-hydrogen) atoms. The van der Waals surface area contributed by atoms with Crippen molar-refractivity contribution in [3.05, 3.63) is 34.9 Å². The van der Waals surface area contributed by atoms with Crippen LogP contribution in [-0.4, -0.2) is 16.1 Å². The highest BCUT2D eigenvalue weighted by Gasteiger charge is 2.08. The summed E-state index contributed by atoms with van der Waals surface area (Å²) in [4.78, 5) is 11.3. The fraction of sp³-hybridized carbons (Fsp3) is 0.357. The Morgan fingerprint density at radius 2 is 2.15 bits per heavy atom. The van der Waals surface area contributed by atoms with Gasteiger partial charge < -0.3 is 5.32 Å². The van der Waals surface area contributed by atoms with E-state index in [9.17, 15) is 4.79 Å². The van der Waals surface area contributed by atoms with Crippen LogP contribution in [0.3, 0.4) is 0 Å². The van der Waals surface area contributed by atoms with Gasteiger partial charge in [0.15, 0.2) is 4.34 Å². The van der Waals surface area contributed by atoms with E-state index in [1.807, 2.05) is 6.92 Å². The van der Waals surface area contributed by atoms with Gasteiger partial charge in [-0.15, -0.1) is 10.2 Å². The van der Waals surface area contributed by atoms with E-state index in [1.165, 1.54) is 28.0 Å². The second-order valence-corrected chi connectivity index (χ2v) is 6.69. The van der Waals surface area contributed by atoms with Crippen molar-refractivity contribution >= 4 is 34.1 Å². The third kappa shape index (κ3) is 4.05. The molecular weight excluding hydrogens is 290 g/mol. The minimum Gasteiger partial charge on any atom is -0.301 e. The van der Waals surface area contributed by atoms with E-state index in [0.29, 0.717) is 11.6 Å². The van der Waals surface area contributed by atoms with Crippen molar-refractivity contribution in [3.8, 4) is 0 Å². The van der Waals surface area contributed by atoms with Gasteiger partial charge in [-0.3, -0.25) is 4.79 Å². The van der Waals surface area contributed by atoms with Crippen LogP contribution in [0.1, 0.15) is 30.0 Å². The van der Waals surface area contributed by atoms with Crippen LogP contribution in [0.2, 0.25) is 0 Å². The summed E-state index contributed by atoms with van der Waals surface area (Å²) in [5.74, 6) is 0.830. The minimum atomic E-state index is -0.0350. The first kappa shape index (κ1) is 15.0. The van der Waals surface area contributed by atoms with Gasteiger partial charge in [-0.05, 0) is 25.0 Å². The molecule has 1 amide bonds. The highest BCUT2D eigenvalue weighted by atomic mass is 32.2. The Bertz CT molecular complexity index is 610. The maximum Gasteiger partial charge on any atom is 0.225 e. The lowest BCUT2D eigenvalue weighted by Crippen LogP contribution is -2.08. The van der Waals surface area contributed by atoms with E-state index in [-0.39, 0.29) is 5.91 Å². The van der Waals surface area contributed by atoms with Gasteiger partial charge in [0.2, 0.25) is 11.0 Å². The topological polar surface area (TPSA) is 54.9 Å². The lowest BCUT2D eigenvalue weighted by molar-refractivity contribution is -0.115. The minimum absolute atomic E-state index is 0.0350. The maximum absolute atomic E-state index is 11.3. The van der Waals surface area contributed by atoms with Crippen LogP contribution in [0, 0.1) is 13.8 Å². The third-order valence-electron chi connectivity index (χ3n) is 2.83. The van der Waals surface area contributed by atoms with Gasteiger partial charge in [-0.2, -0.15) is 0 Å². The molecule has 0 saturated heterocycles. The fourth-order valence-electron chi connectivity index (χ4n) is 1.62. The maximum atomic E-state index is 11.3. The zero-order valence-electron chi connectivity index (χ0n) is 11.8. The predicted molar refractivity (Wildman–Crippen MR) is 84.3 cm³/mol. The first-order chi connectivity index (χ1) is 9.58. The van der Waals surface area contributed by atoms with Gasteiger partial charge in [0.25, 0.3) is 0 Å². The summed E-state index contributed by atoms with van der Waals surface area (Å²) in [6.07, 6.45) is 0.449. The Balaban J connectivity index is 1.97. The number of anilines is 1. The predicted octanol–water partition coefficient (Wildman–Crippen LogP) is 3.80. The largest absolute Gasteiger partial charge is 0.301 e. The normalized spacial score (nSPS) is 10.6. The zero-order valence-corrected chi connectivity index (χ0v) is 13.4. The molecule has 0 aliphatic carbocycles. The molecule has 2 aromatic rings. The molecule has 0 spiro atoms. The molecular formula is C14H17N3OS2. The van der Waals surface area contributed by atoms with Crippen molar-refractivity contribution in [1.29, 1.82) is 0 Å². The van der Waals surface area contributed by atoms with Gasteiger partial charge in [0.1, 0.15) is 0 Å². The Hall–Kier alpha value is -1.40. The smallest absolute Gasteiger partial charge is 0.225 e. The number of nitrogens with zero attached hydrogens (tertiary/aromatic N) is 2.